The van der Waals surface area contributed by atoms with Crippen LogP contribution in [0.1, 0.15) is 20.8 Å². The first-order chi connectivity index (χ1) is 12.5. The number of benzene rings is 1. The third kappa shape index (κ3) is 3.41. The van der Waals surface area contributed by atoms with Gasteiger partial charge in [-0.05, 0) is 36.6 Å². The molecule has 2 N–H and O–H groups in total. The molecule has 0 radical (unpaired) electrons. The van der Waals surface area contributed by atoms with E-state index >= 15 is 0 Å². The van der Waals surface area contributed by atoms with E-state index in [0.717, 1.165) is 5.56 Å². The van der Waals surface area contributed by atoms with Crippen LogP contribution in [0, 0.1) is 6.92 Å². The van der Waals surface area contributed by atoms with Crippen LogP contribution < -0.4 is 20.3 Å². The number of thiophene rings is 1. The number of ether oxygens (including phenoxy) is 2. The number of methoxy groups -OCH3 is 2. The third-order valence-electron chi connectivity index (χ3n) is 4.09. The average Bonchev–Trinajstić information content (AvgIpc) is 2.99. The highest BCUT2D eigenvalue weighted by atomic mass is 32.1. The van der Waals surface area contributed by atoms with Crippen LogP contribution in [0.4, 0.5) is 0 Å². The molecule has 3 aromatic rings. The molecule has 3 rings (SSSR count). The number of amides is 1. The normalized spacial score (nSPS) is 10.7. The lowest BCUT2D eigenvalue weighted by Crippen LogP contribution is -2.25. The lowest BCUT2D eigenvalue weighted by atomic mass is 10.1. The Morgan fingerprint density at radius 3 is 2.73 bits per heavy atom. The molecule has 0 spiro atoms. The van der Waals surface area contributed by atoms with E-state index in [9.17, 15) is 9.59 Å². The molecule has 2 aromatic heterocycles. The fraction of sp³-hybridized carbons (Fsp3) is 0.278. The molecule has 8 heteroatoms. The molecular weight excluding hydrogens is 354 g/mol. The molecule has 0 aliphatic rings. The predicted octanol–water partition coefficient (Wildman–Crippen LogP) is 2.28. The van der Waals surface area contributed by atoms with Gasteiger partial charge in [0.05, 0.1) is 30.8 Å². The average molecular weight is 373 g/mol. The van der Waals surface area contributed by atoms with Gasteiger partial charge in [0.15, 0.2) is 11.5 Å². The summed E-state index contributed by atoms with van der Waals surface area (Å²) in [5, 5.41) is 3.37. The number of carbonyl (C=O) groups is 1. The maximum atomic E-state index is 12.5. The summed E-state index contributed by atoms with van der Waals surface area (Å²) in [7, 11) is 3.17. The Balaban J connectivity index is 1.69. The predicted molar refractivity (Wildman–Crippen MR) is 101 cm³/mol. The minimum Gasteiger partial charge on any atom is -0.493 e. The second kappa shape index (κ2) is 7.57. The summed E-state index contributed by atoms with van der Waals surface area (Å²) in [4.78, 5) is 32.1. The molecule has 0 atom stereocenters. The van der Waals surface area contributed by atoms with Crippen molar-refractivity contribution in [3.05, 3.63) is 50.9 Å². The Bertz CT molecular complexity index is 1010. The van der Waals surface area contributed by atoms with Crippen molar-refractivity contribution in [2.75, 3.05) is 20.8 Å². The Morgan fingerprint density at radius 1 is 1.27 bits per heavy atom. The number of hydrogen-bond donors (Lipinski definition) is 2. The van der Waals surface area contributed by atoms with Crippen molar-refractivity contribution in [1.82, 2.24) is 15.3 Å². The molecule has 0 unspecified atom stereocenters. The first kappa shape index (κ1) is 17.9. The highest BCUT2D eigenvalue weighted by molar-refractivity contribution is 7.20. The fourth-order valence-electron chi connectivity index (χ4n) is 2.73. The SMILES string of the molecule is COc1ccc(CCNC(=O)c2sc3nc[nH]c(=O)c3c2C)cc1OC. The van der Waals surface area contributed by atoms with Gasteiger partial charge in [-0.1, -0.05) is 6.07 Å². The molecule has 1 aromatic carbocycles. The smallest absolute Gasteiger partial charge is 0.261 e. The number of fused-ring (bicyclic) bond motifs is 1. The van der Waals surface area contributed by atoms with E-state index in [0.29, 0.717) is 45.1 Å². The number of nitrogens with one attached hydrogen (secondary N) is 2. The second-order valence-corrected chi connectivity index (χ2v) is 6.66. The zero-order valence-electron chi connectivity index (χ0n) is 14.7. The quantitative estimate of drug-likeness (QED) is 0.691. The highest BCUT2D eigenvalue weighted by Gasteiger charge is 2.18. The van der Waals surface area contributed by atoms with Crippen LogP contribution >= 0.6 is 11.3 Å². The molecule has 136 valence electrons. The Hall–Kier alpha value is -2.87. The molecule has 0 fully saturated rings. The van der Waals surface area contributed by atoms with Gasteiger partial charge in [-0.25, -0.2) is 4.98 Å². The van der Waals surface area contributed by atoms with E-state index in [1.54, 1.807) is 21.1 Å². The zero-order valence-corrected chi connectivity index (χ0v) is 15.5. The molecule has 2 heterocycles. The van der Waals surface area contributed by atoms with Gasteiger partial charge < -0.3 is 19.8 Å². The molecule has 0 aliphatic carbocycles. The highest BCUT2D eigenvalue weighted by Crippen LogP contribution is 2.28. The number of carbonyl (C=O) groups excluding carboxylic acids is 1. The summed E-state index contributed by atoms with van der Waals surface area (Å²) in [5.41, 5.74) is 1.45. The van der Waals surface area contributed by atoms with Crippen LogP contribution in [0.2, 0.25) is 0 Å². The van der Waals surface area contributed by atoms with Crippen molar-refractivity contribution in [2.24, 2.45) is 0 Å². The third-order valence-corrected chi connectivity index (χ3v) is 5.28. The van der Waals surface area contributed by atoms with Gasteiger partial charge in [0.25, 0.3) is 11.5 Å². The van der Waals surface area contributed by atoms with Gasteiger partial charge in [0.1, 0.15) is 4.83 Å². The Labute approximate surface area is 154 Å². The molecular formula is C18H19N3O4S. The molecule has 7 nitrogen and oxygen atoms in total. The number of aryl methyl sites for hydroxylation is 1. The lowest BCUT2D eigenvalue weighted by Gasteiger charge is -2.10. The number of H-pyrrole nitrogens is 1. The van der Waals surface area contributed by atoms with Crippen molar-refractivity contribution in [1.29, 1.82) is 0 Å². The zero-order chi connectivity index (χ0) is 18.7. The molecule has 0 saturated carbocycles. The second-order valence-electron chi connectivity index (χ2n) is 5.66. The number of nitrogens with zero attached hydrogens (tertiary/aromatic N) is 1. The van der Waals surface area contributed by atoms with E-state index in [4.69, 9.17) is 9.47 Å². The van der Waals surface area contributed by atoms with Crippen LogP contribution in [0.15, 0.2) is 29.3 Å². The monoisotopic (exact) mass is 373 g/mol. The van der Waals surface area contributed by atoms with Crippen LogP contribution in [0.25, 0.3) is 10.2 Å². The van der Waals surface area contributed by atoms with Gasteiger partial charge in [-0.3, -0.25) is 9.59 Å². The van der Waals surface area contributed by atoms with Crippen molar-refractivity contribution in [3.8, 4) is 11.5 Å². The molecule has 26 heavy (non-hydrogen) atoms. The van der Waals surface area contributed by atoms with Crippen molar-refractivity contribution in [3.63, 3.8) is 0 Å². The van der Waals surface area contributed by atoms with Crippen molar-refractivity contribution in [2.45, 2.75) is 13.3 Å². The lowest BCUT2D eigenvalue weighted by molar-refractivity contribution is 0.0957. The minimum atomic E-state index is -0.229. The van der Waals surface area contributed by atoms with Gasteiger partial charge >= 0.3 is 0 Å². The topological polar surface area (TPSA) is 93.3 Å². The van der Waals surface area contributed by atoms with Gasteiger partial charge in [0, 0.05) is 6.54 Å². The first-order valence-electron chi connectivity index (χ1n) is 8.01. The van der Waals surface area contributed by atoms with E-state index < -0.39 is 0 Å². The molecule has 0 bridgehead atoms. The van der Waals surface area contributed by atoms with Gasteiger partial charge in [0.2, 0.25) is 0 Å². The van der Waals surface area contributed by atoms with E-state index in [-0.39, 0.29) is 11.5 Å². The standard InChI is InChI=1S/C18H19N3O4S/c1-10-14-16(22)20-9-21-18(14)26-15(10)17(23)19-7-6-11-4-5-12(24-2)13(8-11)25-3/h4-5,8-9H,6-7H2,1-3H3,(H,19,23)(H,20,21,22). The summed E-state index contributed by atoms with van der Waals surface area (Å²) in [5.74, 6) is 1.12. The van der Waals surface area contributed by atoms with Gasteiger partial charge in [-0.15, -0.1) is 11.3 Å². The van der Waals surface area contributed by atoms with Gasteiger partial charge in [-0.2, -0.15) is 0 Å². The Morgan fingerprint density at radius 2 is 2.04 bits per heavy atom. The molecule has 1 amide bonds. The molecule has 0 saturated heterocycles. The van der Waals surface area contributed by atoms with Crippen LogP contribution in [0.3, 0.4) is 0 Å². The number of aromatic amines is 1. The minimum absolute atomic E-state index is 0.203. The Kier molecular flexibility index (Phi) is 5.22. The van der Waals surface area contributed by atoms with E-state index in [1.165, 1.54) is 17.7 Å². The number of aromatic nitrogens is 2. The van der Waals surface area contributed by atoms with Crippen molar-refractivity contribution < 1.29 is 14.3 Å². The summed E-state index contributed by atoms with van der Waals surface area (Å²) in [6.07, 6.45) is 1.99. The summed E-state index contributed by atoms with van der Waals surface area (Å²) in [6, 6.07) is 5.66. The van der Waals surface area contributed by atoms with Crippen LogP contribution in [0.5, 0.6) is 11.5 Å². The fourth-order valence-corrected chi connectivity index (χ4v) is 3.80. The maximum Gasteiger partial charge on any atom is 0.261 e. The maximum absolute atomic E-state index is 12.5. The van der Waals surface area contributed by atoms with Crippen LogP contribution in [-0.4, -0.2) is 36.6 Å². The van der Waals surface area contributed by atoms with Crippen LogP contribution in [-0.2, 0) is 6.42 Å². The largest absolute Gasteiger partial charge is 0.493 e. The number of rotatable bonds is 6. The molecule has 0 aliphatic heterocycles. The van der Waals surface area contributed by atoms with Crippen molar-refractivity contribution >= 4 is 27.5 Å². The first-order valence-corrected chi connectivity index (χ1v) is 8.82. The summed E-state index contributed by atoms with van der Waals surface area (Å²) >= 11 is 1.22. The van der Waals surface area contributed by atoms with E-state index in [1.807, 2.05) is 18.2 Å². The van der Waals surface area contributed by atoms with E-state index in [2.05, 4.69) is 15.3 Å². The summed E-state index contributed by atoms with van der Waals surface area (Å²) < 4.78 is 10.5. The summed E-state index contributed by atoms with van der Waals surface area (Å²) in [6.45, 7) is 2.23. The number of hydrogen-bond acceptors (Lipinski definition) is 6.